The van der Waals surface area contributed by atoms with Crippen LogP contribution in [0.4, 0.5) is 4.39 Å². The van der Waals surface area contributed by atoms with E-state index in [0.717, 1.165) is 38.2 Å². The number of nitrogens with zero attached hydrogens (tertiary/aromatic N) is 3. The molecular formula is C18H27FIN5O. The Morgan fingerprint density at radius 2 is 2.15 bits per heavy atom. The number of aliphatic imine (C=N–C) groups is 1. The minimum absolute atomic E-state index is 0. The fourth-order valence-electron chi connectivity index (χ4n) is 2.36. The average Bonchev–Trinajstić information content (AvgIpc) is 3.15. The van der Waals surface area contributed by atoms with Gasteiger partial charge in [-0.3, -0.25) is 4.99 Å². The van der Waals surface area contributed by atoms with E-state index in [2.05, 4.69) is 20.6 Å². The molecule has 0 amide bonds. The van der Waals surface area contributed by atoms with Crippen molar-refractivity contribution in [2.24, 2.45) is 4.99 Å². The predicted octanol–water partition coefficient (Wildman–Crippen LogP) is 3.11. The molecule has 0 unspecified atom stereocenters. The molecule has 0 fully saturated rings. The molecule has 144 valence electrons. The zero-order valence-electron chi connectivity index (χ0n) is 15.2. The number of aromatic nitrogens is 2. The monoisotopic (exact) mass is 475 g/mol. The van der Waals surface area contributed by atoms with Crippen molar-refractivity contribution in [1.82, 2.24) is 20.2 Å². The van der Waals surface area contributed by atoms with E-state index in [-0.39, 0.29) is 29.8 Å². The van der Waals surface area contributed by atoms with Crippen LogP contribution in [0.25, 0.3) is 5.69 Å². The summed E-state index contributed by atoms with van der Waals surface area (Å²) < 4.78 is 21.2. The van der Waals surface area contributed by atoms with Gasteiger partial charge in [-0.05, 0) is 37.5 Å². The maximum atomic E-state index is 14.2. The van der Waals surface area contributed by atoms with E-state index in [1.165, 1.54) is 6.07 Å². The molecule has 0 saturated carbocycles. The van der Waals surface area contributed by atoms with E-state index >= 15 is 0 Å². The fourth-order valence-corrected chi connectivity index (χ4v) is 2.36. The smallest absolute Gasteiger partial charge is 0.191 e. The van der Waals surface area contributed by atoms with Gasteiger partial charge in [0, 0.05) is 45.7 Å². The normalized spacial score (nSPS) is 11.1. The van der Waals surface area contributed by atoms with Gasteiger partial charge in [-0.25, -0.2) is 9.37 Å². The van der Waals surface area contributed by atoms with Gasteiger partial charge in [-0.15, -0.1) is 24.0 Å². The lowest BCUT2D eigenvalue weighted by atomic mass is 10.2. The number of nitrogens with one attached hydrogen (secondary N) is 2. The van der Waals surface area contributed by atoms with Gasteiger partial charge in [-0.2, -0.15) is 0 Å². The molecule has 0 saturated heterocycles. The third-order valence-corrected chi connectivity index (χ3v) is 3.69. The van der Waals surface area contributed by atoms with Crippen LogP contribution in [0.3, 0.4) is 0 Å². The van der Waals surface area contributed by atoms with E-state index < -0.39 is 0 Å². The highest BCUT2D eigenvalue weighted by atomic mass is 127. The van der Waals surface area contributed by atoms with E-state index in [1.54, 1.807) is 36.4 Å². The second kappa shape index (κ2) is 12.6. The van der Waals surface area contributed by atoms with Crippen molar-refractivity contribution in [2.75, 3.05) is 26.8 Å². The highest BCUT2D eigenvalue weighted by molar-refractivity contribution is 14.0. The molecule has 1 aromatic carbocycles. The number of rotatable bonds is 9. The Balaban J connectivity index is 0.00000338. The Labute approximate surface area is 171 Å². The Morgan fingerprint density at radius 1 is 1.31 bits per heavy atom. The molecule has 26 heavy (non-hydrogen) atoms. The number of halogens is 2. The Hall–Kier alpha value is -1.68. The quantitative estimate of drug-likeness (QED) is 0.253. The molecule has 0 bridgehead atoms. The topological polar surface area (TPSA) is 63.5 Å². The summed E-state index contributed by atoms with van der Waals surface area (Å²) in [6.45, 7) is 4.86. The molecule has 6 nitrogen and oxygen atoms in total. The van der Waals surface area contributed by atoms with Crippen LogP contribution in [0.2, 0.25) is 0 Å². The fraction of sp³-hybridized carbons (Fsp3) is 0.444. The molecule has 1 aromatic heterocycles. The van der Waals surface area contributed by atoms with Crippen molar-refractivity contribution in [1.29, 1.82) is 0 Å². The second-order valence-corrected chi connectivity index (χ2v) is 5.51. The lowest BCUT2D eigenvalue weighted by Gasteiger charge is -2.12. The van der Waals surface area contributed by atoms with Gasteiger partial charge in [0.15, 0.2) is 5.96 Å². The van der Waals surface area contributed by atoms with Crippen LogP contribution < -0.4 is 10.6 Å². The third-order valence-electron chi connectivity index (χ3n) is 3.69. The van der Waals surface area contributed by atoms with Crippen molar-refractivity contribution in [3.05, 3.63) is 48.3 Å². The predicted molar refractivity (Wildman–Crippen MR) is 113 cm³/mol. The zero-order valence-corrected chi connectivity index (χ0v) is 17.6. The number of hydrogen-bond acceptors (Lipinski definition) is 3. The zero-order chi connectivity index (χ0) is 17.9. The Kier molecular flexibility index (Phi) is 10.9. The van der Waals surface area contributed by atoms with Crippen LogP contribution in [-0.4, -0.2) is 42.3 Å². The average molecular weight is 475 g/mol. The number of hydrogen-bond donors (Lipinski definition) is 2. The number of imidazole rings is 1. The standard InChI is InChI=1S/C18H26FN5O.HI/c1-3-25-11-5-4-8-22-18(20-2)23-13-15-6-7-17(16(19)12-15)24-10-9-21-14-24;/h6-7,9-10,12,14H,3-5,8,11,13H2,1-2H3,(H2,20,22,23);1H. The summed E-state index contributed by atoms with van der Waals surface area (Å²) in [7, 11) is 1.72. The van der Waals surface area contributed by atoms with Crippen LogP contribution in [0.15, 0.2) is 41.9 Å². The highest BCUT2D eigenvalue weighted by Gasteiger charge is 2.06. The molecule has 8 heteroatoms. The lowest BCUT2D eigenvalue weighted by Crippen LogP contribution is -2.37. The lowest BCUT2D eigenvalue weighted by molar-refractivity contribution is 0.143. The summed E-state index contributed by atoms with van der Waals surface area (Å²) in [4.78, 5) is 8.11. The molecular weight excluding hydrogens is 448 g/mol. The number of unbranched alkanes of at least 4 members (excludes halogenated alkanes) is 1. The first-order valence-corrected chi connectivity index (χ1v) is 8.53. The van der Waals surface area contributed by atoms with Gasteiger partial charge in [0.05, 0.1) is 12.0 Å². The molecule has 2 N–H and O–H groups in total. The summed E-state index contributed by atoms with van der Waals surface area (Å²) in [5, 5.41) is 6.43. The van der Waals surface area contributed by atoms with E-state index in [1.807, 2.05) is 13.0 Å². The number of guanidine groups is 1. The molecule has 0 aliphatic rings. The second-order valence-electron chi connectivity index (χ2n) is 5.51. The van der Waals surface area contributed by atoms with Crippen LogP contribution >= 0.6 is 24.0 Å². The van der Waals surface area contributed by atoms with Crippen molar-refractivity contribution in [3.8, 4) is 5.69 Å². The van der Waals surface area contributed by atoms with Crippen LogP contribution in [-0.2, 0) is 11.3 Å². The maximum Gasteiger partial charge on any atom is 0.191 e. The molecule has 2 rings (SSSR count). The Morgan fingerprint density at radius 3 is 2.81 bits per heavy atom. The number of ether oxygens (including phenoxy) is 1. The molecule has 0 radical (unpaired) electrons. The summed E-state index contributed by atoms with van der Waals surface area (Å²) in [5.74, 6) is 0.423. The largest absolute Gasteiger partial charge is 0.382 e. The SMILES string of the molecule is CCOCCCCNC(=NC)NCc1ccc(-n2ccnc2)c(F)c1.I. The van der Waals surface area contributed by atoms with Crippen molar-refractivity contribution < 1.29 is 9.13 Å². The minimum Gasteiger partial charge on any atom is -0.382 e. The first-order chi connectivity index (χ1) is 12.2. The molecule has 0 aliphatic carbocycles. The number of benzene rings is 1. The molecule has 0 atom stereocenters. The van der Waals surface area contributed by atoms with Gasteiger partial charge in [0.2, 0.25) is 0 Å². The molecule has 0 aliphatic heterocycles. The van der Waals surface area contributed by atoms with Gasteiger partial charge in [0.1, 0.15) is 5.82 Å². The van der Waals surface area contributed by atoms with Crippen molar-refractivity contribution >= 4 is 29.9 Å². The first-order valence-electron chi connectivity index (χ1n) is 8.53. The summed E-state index contributed by atoms with van der Waals surface area (Å²) in [5.41, 5.74) is 1.33. The highest BCUT2D eigenvalue weighted by Crippen LogP contribution is 2.14. The van der Waals surface area contributed by atoms with Gasteiger partial charge in [0.25, 0.3) is 0 Å². The Bertz CT molecular complexity index is 664. The van der Waals surface area contributed by atoms with Crippen LogP contribution in [0.5, 0.6) is 0 Å². The van der Waals surface area contributed by atoms with E-state index in [0.29, 0.717) is 18.2 Å². The maximum absolute atomic E-state index is 14.2. The van der Waals surface area contributed by atoms with Crippen molar-refractivity contribution in [2.45, 2.75) is 26.3 Å². The van der Waals surface area contributed by atoms with Crippen molar-refractivity contribution in [3.63, 3.8) is 0 Å². The van der Waals surface area contributed by atoms with Crippen LogP contribution in [0, 0.1) is 5.82 Å². The third kappa shape index (κ3) is 7.28. The van der Waals surface area contributed by atoms with Gasteiger partial charge < -0.3 is 19.9 Å². The summed E-state index contributed by atoms with van der Waals surface area (Å²) in [6, 6.07) is 5.16. The van der Waals surface area contributed by atoms with E-state index in [4.69, 9.17) is 4.74 Å². The summed E-state index contributed by atoms with van der Waals surface area (Å²) in [6.07, 6.45) is 6.94. The molecule has 1 heterocycles. The first kappa shape index (κ1) is 22.4. The van der Waals surface area contributed by atoms with Gasteiger partial charge >= 0.3 is 0 Å². The summed E-state index contributed by atoms with van der Waals surface area (Å²) >= 11 is 0. The molecule has 0 spiro atoms. The van der Waals surface area contributed by atoms with Gasteiger partial charge in [-0.1, -0.05) is 6.07 Å². The molecule has 2 aromatic rings. The minimum atomic E-state index is -0.281. The van der Waals surface area contributed by atoms with Crippen LogP contribution in [0.1, 0.15) is 25.3 Å². The van der Waals surface area contributed by atoms with E-state index in [9.17, 15) is 4.39 Å².